The van der Waals surface area contributed by atoms with Crippen LogP contribution in [-0.2, 0) is 18.2 Å². The summed E-state index contributed by atoms with van der Waals surface area (Å²) in [7, 11) is -10.1. The SMILES string of the molecule is CC(=O)O.O=P(O)(O)OP(=O)(O)O.[H-].[Na+]. The van der Waals surface area contributed by atoms with Gasteiger partial charge in [0.1, 0.15) is 0 Å². The van der Waals surface area contributed by atoms with E-state index < -0.39 is 21.6 Å². The smallest absolute Gasteiger partial charge is 1.00 e. The Morgan fingerprint density at radius 1 is 1.14 bits per heavy atom. The molecule has 82 valence electrons. The van der Waals surface area contributed by atoms with Crippen molar-refractivity contribution in [2.75, 3.05) is 0 Å². The van der Waals surface area contributed by atoms with Crippen LogP contribution in [0.25, 0.3) is 0 Å². The van der Waals surface area contributed by atoms with Gasteiger partial charge in [0, 0.05) is 6.92 Å². The van der Waals surface area contributed by atoms with Gasteiger partial charge in [-0.1, -0.05) is 0 Å². The number of carboxylic acid groups (broad SMARTS) is 1. The van der Waals surface area contributed by atoms with E-state index in [9.17, 15) is 9.13 Å². The van der Waals surface area contributed by atoms with Crippen molar-refractivity contribution in [3.05, 3.63) is 0 Å². The van der Waals surface area contributed by atoms with Crippen LogP contribution in [0.15, 0.2) is 0 Å². The zero-order valence-corrected chi connectivity index (χ0v) is 11.1. The van der Waals surface area contributed by atoms with Crippen LogP contribution < -0.4 is 29.6 Å². The van der Waals surface area contributed by atoms with Gasteiger partial charge in [-0.2, -0.15) is 4.31 Å². The Labute approximate surface area is 102 Å². The zero-order chi connectivity index (χ0) is 11.3. The Morgan fingerprint density at radius 3 is 1.29 bits per heavy atom. The van der Waals surface area contributed by atoms with Crippen LogP contribution in [0.5, 0.6) is 0 Å². The molecule has 0 aromatic carbocycles. The van der Waals surface area contributed by atoms with Gasteiger partial charge in [0.2, 0.25) is 0 Å². The van der Waals surface area contributed by atoms with Gasteiger partial charge in [-0.25, -0.2) is 9.13 Å². The number of rotatable bonds is 2. The topological polar surface area (TPSA) is 162 Å². The minimum Gasteiger partial charge on any atom is -1.00 e. The molecule has 5 N–H and O–H groups in total. The number of phosphoric acid groups is 2. The fourth-order valence-electron chi connectivity index (χ4n) is 0.139. The van der Waals surface area contributed by atoms with Gasteiger partial charge in [0.05, 0.1) is 0 Å². The maximum Gasteiger partial charge on any atom is 1.00 e. The number of aliphatic carboxylic acids is 1. The quantitative estimate of drug-likeness (QED) is 0.250. The van der Waals surface area contributed by atoms with E-state index in [0.717, 1.165) is 6.92 Å². The number of carboxylic acids is 1. The molecule has 0 heterocycles. The summed E-state index contributed by atoms with van der Waals surface area (Å²) in [4.78, 5) is 40.0. The van der Waals surface area contributed by atoms with Crippen LogP contribution in [0.2, 0.25) is 0 Å². The molecule has 0 radical (unpaired) electrons. The van der Waals surface area contributed by atoms with Crippen molar-refractivity contribution in [3.63, 3.8) is 0 Å². The van der Waals surface area contributed by atoms with Crippen molar-refractivity contribution in [2.24, 2.45) is 0 Å². The van der Waals surface area contributed by atoms with Gasteiger partial charge in [-0.05, 0) is 0 Å². The standard InChI is InChI=1S/C2H4O2.Na.H4O7P2.H/c1-2(3)4;;1-8(2,3)7-9(4,5)6;/h1H3,(H,3,4);;(H2,1,2,3)(H2,4,5,6);/q;+1;;-1. The first kappa shape index (κ1) is 20.2. The van der Waals surface area contributed by atoms with E-state index in [1.807, 2.05) is 0 Å². The van der Waals surface area contributed by atoms with Crippen molar-refractivity contribution in [3.8, 4) is 0 Å². The molecular weight excluding hydrogens is 253 g/mol. The molecule has 0 saturated carbocycles. The van der Waals surface area contributed by atoms with E-state index in [1.54, 1.807) is 0 Å². The molecule has 9 nitrogen and oxygen atoms in total. The molecule has 0 amide bonds. The van der Waals surface area contributed by atoms with Gasteiger partial charge < -0.3 is 26.1 Å². The van der Waals surface area contributed by atoms with E-state index in [4.69, 9.17) is 29.5 Å². The molecule has 0 saturated heterocycles. The van der Waals surface area contributed by atoms with Crippen LogP contribution in [0.4, 0.5) is 0 Å². The summed E-state index contributed by atoms with van der Waals surface area (Å²) in [6.45, 7) is 1.08. The Hall–Kier alpha value is 0.730. The van der Waals surface area contributed by atoms with Crippen LogP contribution in [-0.4, -0.2) is 30.6 Å². The van der Waals surface area contributed by atoms with Crippen LogP contribution in [0, 0.1) is 0 Å². The first-order valence-electron chi connectivity index (χ1n) is 2.46. The van der Waals surface area contributed by atoms with Crippen molar-refractivity contribution in [1.82, 2.24) is 0 Å². The van der Waals surface area contributed by atoms with Crippen LogP contribution >= 0.6 is 15.6 Å². The Balaban J connectivity index is -0.0000000883. The van der Waals surface area contributed by atoms with E-state index in [-0.39, 0.29) is 31.0 Å². The minimum atomic E-state index is -5.05. The zero-order valence-electron chi connectivity index (χ0n) is 8.26. The average molecular weight is 262 g/mol. The molecule has 0 rings (SSSR count). The van der Waals surface area contributed by atoms with Crippen molar-refractivity contribution < 1.29 is 73.9 Å². The average Bonchev–Trinajstić information content (AvgIpc) is 1.47. The molecule has 0 unspecified atom stereocenters. The van der Waals surface area contributed by atoms with Gasteiger partial charge in [-0.15, -0.1) is 0 Å². The molecule has 0 aliphatic carbocycles. The summed E-state index contributed by atoms with van der Waals surface area (Å²) in [6.07, 6.45) is 0. The van der Waals surface area contributed by atoms with Gasteiger partial charge in [0.25, 0.3) is 5.97 Å². The summed E-state index contributed by atoms with van der Waals surface area (Å²) >= 11 is 0. The molecule has 0 bridgehead atoms. The fraction of sp³-hybridized carbons (Fsp3) is 0.500. The third-order valence-corrected chi connectivity index (χ3v) is 1.91. The normalized spacial score (nSPS) is 10.6. The summed E-state index contributed by atoms with van der Waals surface area (Å²) in [5, 5.41) is 7.42. The molecule has 12 heteroatoms. The second-order valence-electron chi connectivity index (χ2n) is 1.58. The summed E-state index contributed by atoms with van der Waals surface area (Å²) < 4.78 is 22.2. The molecule has 0 spiro atoms. The molecule has 14 heavy (non-hydrogen) atoms. The van der Waals surface area contributed by atoms with E-state index in [1.165, 1.54) is 0 Å². The fourth-order valence-corrected chi connectivity index (χ4v) is 1.25. The molecular formula is C2H9NaO9P2. The largest absolute Gasteiger partial charge is 1.00 e. The summed E-state index contributed by atoms with van der Waals surface area (Å²) in [6, 6.07) is 0. The third-order valence-electron chi connectivity index (χ3n) is 0.213. The second-order valence-corrected chi connectivity index (χ2v) is 4.20. The van der Waals surface area contributed by atoms with Crippen molar-refractivity contribution >= 4 is 21.6 Å². The van der Waals surface area contributed by atoms with Crippen LogP contribution in [0.1, 0.15) is 8.35 Å². The predicted molar refractivity (Wildman–Crippen MR) is 39.6 cm³/mol. The van der Waals surface area contributed by atoms with Crippen molar-refractivity contribution in [1.29, 1.82) is 0 Å². The molecule has 0 fully saturated rings. The summed E-state index contributed by atoms with van der Waals surface area (Å²) in [5.41, 5.74) is 0. The number of hydrogen-bond acceptors (Lipinski definition) is 4. The van der Waals surface area contributed by atoms with E-state index in [0.29, 0.717) is 0 Å². The molecule has 0 aromatic rings. The predicted octanol–water partition coefficient (Wildman–Crippen LogP) is -3.60. The van der Waals surface area contributed by atoms with Gasteiger partial charge >= 0.3 is 45.2 Å². The third kappa shape index (κ3) is 38.7. The van der Waals surface area contributed by atoms with Gasteiger partial charge in [0.15, 0.2) is 0 Å². The molecule has 0 aromatic heterocycles. The maximum atomic E-state index is 9.63. The van der Waals surface area contributed by atoms with Crippen LogP contribution in [0.3, 0.4) is 0 Å². The minimum absolute atomic E-state index is 0. The van der Waals surface area contributed by atoms with E-state index in [2.05, 4.69) is 4.31 Å². The molecule has 0 atom stereocenters. The Kier molecular flexibility index (Phi) is 11.5. The Bertz CT molecular complexity index is 231. The molecule has 0 aliphatic heterocycles. The first-order valence-corrected chi connectivity index (χ1v) is 5.52. The van der Waals surface area contributed by atoms with Crippen molar-refractivity contribution in [2.45, 2.75) is 6.92 Å². The van der Waals surface area contributed by atoms with Gasteiger partial charge in [-0.3, -0.25) is 4.79 Å². The number of carbonyl (C=O) groups is 1. The summed E-state index contributed by atoms with van der Waals surface area (Å²) in [5.74, 6) is -0.833. The Morgan fingerprint density at radius 2 is 1.29 bits per heavy atom. The van der Waals surface area contributed by atoms with E-state index >= 15 is 0 Å². The molecule has 0 aliphatic rings. The first-order chi connectivity index (χ1) is 5.44. The second kappa shape index (κ2) is 7.95. The maximum absolute atomic E-state index is 9.63. The monoisotopic (exact) mass is 262 g/mol. The number of hydrogen-bond donors (Lipinski definition) is 5.